The second-order valence-corrected chi connectivity index (χ2v) is 4.87. The van der Waals surface area contributed by atoms with Crippen LogP contribution in [0, 0.1) is 0 Å². The second kappa shape index (κ2) is 5.12. The number of halogens is 1. The van der Waals surface area contributed by atoms with Gasteiger partial charge in [0.25, 0.3) is 0 Å². The summed E-state index contributed by atoms with van der Waals surface area (Å²) in [5, 5.41) is 10.3. The molecule has 0 spiro atoms. The molecular formula is C13H14BrNO2. The van der Waals surface area contributed by atoms with Crippen LogP contribution in [0.15, 0.2) is 34.8 Å². The molecule has 0 saturated carbocycles. The van der Waals surface area contributed by atoms with Crippen molar-refractivity contribution in [3.63, 3.8) is 0 Å². The SMILES string of the molecule is CC(O)OC(C)c1ccc2ccc(Br)cc2n1. The molecule has 1 heterocycles. The fraction of sp³-hybridized carbons (Fsp3) is 0.308. The molecule has 0 fully saturated rings. The summed E-state index contributed by atoms with van der Waals surface area (Å²) in [4.78, 5) is 4.52. The number of hydrogen-bond acceptors (Lipinski definition) is 3. The Kier molecular flexibility index (Phi) is 3.76. The highest BCUT2D eigenvalue weighted by Gasteiger charge is 2.10. The predicted molar refractivity (Wildman–Crippen MR) is 70.6 cm³/mol. The molecule has 2 rings (SSSR count). The lowest BCUT2D eigenvalue weighted by Crippen LogP contribution is -2.11. The molecule has 1 N–H and O–H groups in total. The molecule has 90 valence electrons. The molecule has 0 bridgehead atoms. The van der Waals surface area contributed by atoms with Crippen LogP contribution >= 0.6 is 15.9 Å². The van der Waals surface area contributed by atoms with Gasteiger partial charge >= 0.3 is 0 Å². The Labute approximate surface area is 109 Å². The summed E-state index contributed by atoms with van der Waals surface area (Å²) < 4.78 is 6.30. The zero-order valence-electron chi connectivity index (χ0n) is 9.72. The molecule has 0 aliphatic heterocycles. The summed E-state index contributed by atoms with van der Waals surface area (Å²) in [7, 11) is 0. The minimum absolute atomic E-state index is 0.224. The minimum Gasteiger partial charge on any atom is -0.368 e. The first-order chi connectivity index (χ1) is 8.06. The third-order valence-corrected chi connectivity index (χ3v) is 2.99. The van der Waals surface area contributed by atoms with E-state index in [-0.39, 0.29) is 6.10 Å². The van der Waals surface area contributed by atoms with E-state index in [9.17, 15) is 5.11 Å². The molecule has 2 aromatic rings. The van der Waals surface area contributed by atoms with E-state index in [1.54, 1.807) is 6.92 Å². The third-order valence-electron chi connectivity index (χ3n) is 2.49. The molecule has 0 saturated heterocycles. The molecule has 17 heavy (non-hydrogen) atoms. The molecule has 2 atom stereocenters. The van der Waals surface area contributed by atoms with E-state index in [2.05, 4.69) is 20.9 Å². The molecular weight excluding hydrogens is 282 g/mol. The predicted octanol–water partition coefficient (Wildman–Crippen LogP) is 3.41. The number of aliphatic hydroxyl groups excluding tert-OH is 1. The van der Waals surface area contributed by atoms with Gasteiger partial charge < -0.3 is 9.84 Å². The normalized spacial score (nSPS) is 14.8. The van der Waals surface area contributed by atoms with Gasteiger partial charge in [-0.25, -0.2) is 0 Å². The van der Waals surface area contributed by atoms with Gasteiger partial charge in [0, 0.05) is 9.86 Å². The van der Waals surface area contributed by atoms with Gasteiger partial charge in [-0.3, -0.25) is 4.98 Å². The van der Waals surface area contributed by atoms with E-state index >= 15 is 0 Å². The van der Waals surface area contributed by atoms with E-state index in [0.717, 1.165) is 21.1 Å². The first-order valence-electron chi connectivity index (χ1n) is 5.46. The van der Waals surface area contributed by atoms with E-state index < -0.39 is 6.29 Å². The highest BCUT2D eigenvalue weighted by molar-refractivity contribution is 9.10. The molecule has 2 unspecified atom stereocenters. The summed E-state index contributed by atoms with van der Waals surface area (Å²) in [5.41, 5.74) is 1.73. The maximum atomic E-state index is 9.18. The summed E-state index contributed by atoms with van der Waals surface area (Å²) in [6.45, 7) is 3.47. The van der Waals surface area contributed by atoms with Crippen molar-refractivity contribution < 1.29 is 9.84 Å². The number of hydrogen-bond donors (Lipinski definition) is 1. The number of aromatic nitrogens is 1. The first kappa shape index (κ1) is 12.5. The lowest BCUT2D eigenvalue weighted by atomic mass is 10.1. The Bertz CT molecular complexity index is 528. The van der Waals surface area contributed by atoms with Crippen molar-refractivity contribution in [2.45, 2.75) is 26.2 Å². The summed E-state index contributed by atoms with van der Waals surface area (Å²) >= 11 is 3.42. The van der Waals surface area contributed by atoms with Crippen molar-refractivity contribution in [3.8, 4) is 0 Å². The van der Waals surface area contributed by atoms with Crippen LogP contribution < -0.4 is 0 Å². The molecule has 1 aromatic heterocycles. The zero-order chi connectivity index (χ0) is 12.4. The van der Waals surface area contributed by atoms with Crippen LogP contribution in [-0.2, 0) is 4.74 Å². The van der Waals surface area contributed by atoms with E-state index in [4.69, 9.17) is 4.74 Å². The molecule has 0 radical (unpaired) electrons. The van der Waals surface area contributed by atoms with Gasteiger partial charge in [-0.1, -0.05) is 28.1 Å². The summed E-state index contributed by atoms with van der Waals surface area (Å²) in [6, 6.07) is 9.89. The fourth-order valence-corrected chi connectivity index (χ4v) is 2.05. The van der Waals surface area contributed by atoms with Crippen LogP contribution in [0.1, 0.15) is 25.6 Å². The van der Waals surface area contributed by atoms with Gasteiger partial charge in [-0.15, -0.1) is 0 Å². The Morgan fingerprint density at radius 1 is 1.24 bits per heavy atom. The Morgan fingerprint density at radius 3 is 2.65 bits per heavy atom. The maximum Gasteiger partial charge on any atom is 0.152 e. The van der Waals surface area contributed by atoms with E-state index in [0.29, 0.717) is 0 Å². The van der Waals surface area contributed by atoms with Gasteiger partial charge in [0.15, 0.2) is 6.29 Å². The zero-order valence-corrected chi connectivity index (χ0v) is 11.3. The molecule has 1 aromatic carbocycles. The van der Waals surface area contributed by atoms with Gasteiger partial charge in [-0.05, 0) is 32.0 Å². The van der Waals surface area contributed by atoms with Crippen molar-refractivity contribution in [2.24, 2.45) is 0 Å². The molecule has 0 aliphatic carbocycles. The van der Waals surface area contributed by atoms with Gasteiger partial charge in [0.05, 0.1) is 17.3 Å². The maximum absolute atomic E-state index is 9.18. The molecule has 0 aliphatic rings. The smallest absolute Gasteiger partial charge is 0.152 e. The van der Waals surface area contributed by atoms with Crippen LogP contribution in [0.5, 0.6) is 0 Å². The topological polar surface area (TPSA) is 42.4 Å². The van der Waals surface area contributed by atoms with Crippen molar-refractivity contribution in [1.29, 1.82) is 0 Å². The Balaban J connectivity index is 2.36. The highest BCUT2D eigenvalue weighted by Crippen LogP contribution is 2.22. The number of benzene rings is 1. The highest BCUT2D eigenvalue weighted by atomic mass is 79.9. The number of rotatable bonds is 3. The number of pyridine rings is 1. The van der Waals surface area contributed by atoms with Crippen molar-refractivity contribution in [3.05, 3.63) is 40.5 Å². The summed E-state index contributed by atoms with van der Waals surface area (Å²) in [5.74, 6) is 0. The van der Waals surface area contributed by atoms with Gasteiger partial charge in [0.2, 0.25) is 0 Å². The van der Waals surface area contributed by atoms with Crippen LogP contribution in [0.3, 0.4) is 0 Å². The van der Waals surface area contributed by atoms with Crippen LogP contribution in [-0.4, -0.2) is 16.4 Å². The largest absolute Gasteiger partial charge is 0.368 e. The van der Waals surface area contributed by atoms with Crippen LogP contribution in [0.2, 0.25) is 0 Å². The quantitative estimate of drug-likeness (QED) is 0.883. The average molecular weight is 296 g/mol. The van der Waals surface area contributed by atoms with Gasteiger partial charge in [-0.2, -0.15) is 0 Å². The average Bonchev–Trinajstić information content (AvgIpc) is 2.27. The van der Waals surface area contributed by atoms with E-state index in [1.165, 1.54) is 0 Å². The molecule has 0 amide bonds. The third kappa shape index (κ3) is 3.03. The standard InChI is InChI=1S/C13H14BrNO2/c1-8(17-9(2)16)12-6-4-10-3-5-11(14)7-13(10)15-12/h3-9,16H,1-2H3. The fourth-order valence-electron chi connectivity index (χ4n) is 1.70. The Hall–Kier alpha value is -0.970. The lowest BCUT2D eigenvalue weighted by molar-refractivity contribution is -0.121. The second-order valence-electron chi connectivity index (χ2n) is 3.95. The number of fused-ring (bicyclic) bond motifs is 1. The van der Waals surface area contributed by atoms with Gasteiger partial charge in [0.1, 0.15) is 0 Å². The monoisotopic (exact) mass is 295 g/mol. The lowest BCUT2D eigenvalue weighted by Gasteiger charge is -2.15. The number of ether oxygens (including phenoxy) is 1. The molecule has 3 nitrogen and oxygen atoms in total. The number of nitrogens with zero attached hydrogens (tertiary/aromatic N) is 1. The van der Waals surface area contributed by atoms with Crippen molar-refractivity contribution in [2.75, 3.05) is 0 Å². The Morgan fingerprint density at radius 2 is 1.94 bits per heavy atom. The van der Waals surface area contributed by atoms with Crippen LogP contribution in [0.4, 0.5) is 0 Å². The summed E-state index contributed by atoms with van der Waals surface area (Å²) in [6.07, 6.45) is -1.01. The number of aliphatic hydroxyl groups is 1. The molecule has 4 heteroatoms. The minimum atomic E-state index is -0.787. The van der Waals surface area contributed by atoms with Crippen LogP contribution in [0.25, 0.3) is 10.9 Å². The van der Waals surface area contributed by atoms with Crippen molar-refractivity contribution >= 4 is 26.8 Å². The van der Waals surface area contributed by atoms with Crippen molar-refractivity contribution in [1.82, 2.24) is 4.98 Å². The first-order valence-corrected chi connectivity index (χ1v) is 6.25. The van der Waals surface area contributed by atoms with E-state index in [1.807, 2.05) is 37.3 Å².